The summed E-state index contributed by atoms with van der Waals surface area (Å²) in [4.78, 5) is 38.6. The van der Waals surface area contributed by atoms with Gasteiger partial charge in [-0.3, -0.25) is 9.59 Å². The molecule has 0 bridgehead atoms. The van der Waals surface area contributed by atoms with Gasteiger partial charge in [0.15, 0.2) is 0 Å². The molecule has 3 N–H and O–H groups in total. The molecule has 1 aromatic carbocycles. The number of rotatable bonds is 10. The summed E-state index contributed by atoms with van der Waals surface area (Å²) in [5, 5.41) is 22.7. The molecule has 1 aliphatic carbocycles. The topological polar surface area (TPSA) is 124 Å². The van der Waals surface area contributed by atoms with Gasteiger partial charge in [-0.2, -0.15) is 0 Å². The highest BCUT2D eigenvalue weighted by Crippen LogP contribution is 2.45. The zero-order valence-electron chi connectivity index (χ0n) is 19.8. The molecule has 1 aliphatic heterocycles. The van der Waals surface area contributed by atoms with Crippen molar-refractivity contribution < 1.29 is 29.2 Å². The highest BCUT2D eigenvalue weighted by molar-refractivity contribution is 7.46. The van der Waals surface area contributed by atoms with Gasteiger partial charge in [-0.25, -0.2) is 4.79 Å². The van der Waals surface area contributed by atoms with Gasteiger partial charge >= 0.3 is 5.97 Å². The van der Waals surface area contributed by atoms with Gasteiger partial charge in [-0.05, 0) is 57.4 Å². The quantitative estimate of drug-likeness (QED) is 0.432. The summed E-state index contributed by atoms with van der Waals surface area (Å²) in [5.74, 6) is -3.19. The van der Waals surface area contributed by atoms with Crippen LogP contribution in [0.2, 0.25) is 0 Å². The van der Waals surface area contributed by atoms with E-state index in [4.69, 9.17) is 0 Å². The summed E-state index contributed by atoms with van der Waals surface area (Å²) < 4.78 is 13.2. The minimum Gasteiger partial charge on any atom is -0.480 e. The molecule has 1 saturated heterocycles. The Bertz CT molecular complexity index is 879. The van der Waals surface area contributed by atoms with Crippen LogP contribution in [-0.2, 0) is 25.4 Å². The van der Waals surface area contributed by atoms with Crippen molar-refractivity contribution in [1.82, 2.24) is 10.2 Å². The molecular formula is C25H37N2O6P. The number of aliphatic hydroxyl groups excluding tert-OH is 1. The monoisotopic (exact) mass is 492 g/mol. The fraction of sp³-hybridized carbons (Fsp3) is 0.640. The number of nitrogens with one attached hydrogen (secondary N) is 1. The SMILES string of the molecule is C[C@H](NC(=O)[C@@H]1CCCC[C@H]1[PH](=O)C(O)CCCc1ccccc1)C(=O)N1CCC[C@H]1C(=O)O. The highest BCUT2D eigenvalue weighted by atomic mass is 31.1. The van der Waals surface area contributed by atoms with Crippen molar-refractivity contribution in [3.8, 4) is 0 Å². The van der Waals surface area contributed by atoms with Crippen molar-refractivity contribution in [2.24, 2.45) is 5.92 Å². The number of carboxylic acid groups (broad SMARTS) is 1. The normalized spacial score (nSPS) is 25.4. The van der Waals surface area contributed by atoms with Crippen LogP contribution in [0.1, 0.15) is 63.9 Å². The van der Waals surface area contributed by atoms with E-state index in [9.17, 15) is 29.2 Å². The lowest BCUT2D eigenvalue weighted by Crippen LogP contribution is -2.52. The number of likely N-dealkylation sites (tertiary alicyclic amines) is 1. The molecule has 188 valence electrons. The Balaban J connectivity index is 1.55. The Morgan fingerprint density at radius 2 is 1.82 bits per heavy atom. The number of carboxylic acids is 1. The Morgan fingerprint density at radius 3 is 2.53 bits per heavy atom. The molecule has 1 aromatic rings. The van der Waals surface area contributed by atoms with Crippen LogP contribution in [0.4, 0.5) is 0 Å². The van der Waals surface area contributed by atoms with Crippen LogP contribution < -0.4 is 5.32 Å². The standard InChI is InChI=1S/C25H37N2O6P/c1-17(24(30)27-16-8-13-20(27)25(31)32)26-23(29)19-12-5-6-14-21(19)34(33)22(28)15-7-11-18-9-3-2-4-10-18/h2-4,9-10,17,19-22,28,34H,5-8,11-16H2,1H3,(H,26,29)(H,31,32)/t17-,19+,20-,21+,22?/m0/s1. The molecule has 2 amide bonds. The molecule has 2 aliphatic rings. The van der Waals surface area contributed by atoms with E-state index < -0.39 is 43.5 Å². The van der Waals surface area contributed by atoms with Crippen LogP contribution in [0.15, 0.2) is 30.3 Å². The summed E-state index contributed by atoms with van der Waals surface area (Å²) in [6.07, 6.45) is 5.89. The Labute approximate surface area is 201 Å². The van der Waals surface area contributed by atoms with Gasteiger partial charge < -0.3 is 25.0 Å². The average molecular weight is 493 g/mol. The van der Waals surface area contributed by atoms with Gasteiger partial charge in [0.1, 0.15) is 25.7 Å². The van der Waals surface area contributed by atoms with Gasteiger partial charge in [-0.1, -0.05) is 43.2 Å². The van der Waals surface area contributed by atoms with Crippen LogP contribution in [0.3, 0.4) is 0 Å². The molecule has 0 spiro atoms. The molecule has 3 rings (SSSR count). The van der Waals surface area contributed by atoms with Gasteiger partial charge in [0.2, 0.25) is 11.8 Å². The number of carbonyl (C=O) groups excluding carboxylic acids is 2. The minimum atomic E-state index is -2.43. The largest absolute Gasteiger partial charge is 0.480 e. The fourth-order valence-electron chi connectivity index (χ4n) is 5.24. The van der Waals surface area contributed by atoms with E-state index in [0.717, 1.165) is 25.7 Å². The lowest BCUT2D eigenvalue weighted by Gasteiger charge is -2.33. The first-order valence-electron chi connectivity index (χ1n) is 12.4. The van der Waals surface area contributed by atoms with Gasteiger partial charge in [0, 0.05) is 18.1 Å². The van der Waals surface area contributed by atoms with Crippen molar-refractivity contribution >= 4 is 25.6 Å². The third-order valence-electron chi connectivity index (χ3n) is 7.13. The lowest BCUT2D eigenvalue weighted by molar-refractivity contribution is -0.149. The van der Waals surface area contributed by atoms with Crippen molar-refractivity contribution in [3.63, 3.8) is 0 Å². The summed E-state index contributed by atoms with van der Waals surface area (Å²) in [6.45, 7) is 1.93. The molecular weight excluding hydrogens is 455 g/mol. The molecule has 34 heavy (non-hydrogen) atoms. The smallest absolute Gasteiger partial charge is 0.326 e. The number of hydrogen-bond donors (Lipinski definition) is 3. The van der Waals surface area contributed by atoms with Crippen molar-refractivity contribution in [2.75, 3.05) is 6.54 Å². The summed E-state index contributed by atoms with van der Waals surface area (Å²) in [6, 6.07) is 8.24. The van der Waals surface area contributed by atoms with Crippen LogP contribution in [0, 0.1) is 5.92 Å². The number of carbonyl (C=O) groups is 3. The highest BCUT2D eigenvalue weighted by Gasteiger charge is 2.40. The second kappa shape index (κ2) is 12.5. The molecule has 1 heterocycles. The molecule has 0 radical (unpaired) electrons. The number of benzene rings is 1. The Hall–Kier alpha value is -2.18. The van der Waals surface area contributed by atoms with Gasteiger partial charge in [0.25, 0.3) is 0 Å². The second-order valence-electron chi connectivity index (χ2n) is 9.55. The maximum atomic E-state index is 13.2. The van der Waals surface area contributed by atoms with Crippen molar-refractivity contribution in [2.45, 2.75) is 88.3 Å². The molecule has 2 unspecified atom stereocenters. The van der Waals surface area contributed by atoms with Gasteiger partial charge in [-0.15, -0.1) is 0 Å². The maximum absolute atomic E-state index is 13.2. The predicted octanol–water partition coefficient (Wildman–Crippen LogP) is 3.03. The van der Waals surface area contributed by atoms with Crippen LogP contribution in [-0.4, -0.2) is 63.0 Å². The van der Waals surface area contributed by atoms with E-state index in [1.54, 1.807) is 6.92 Å². The number of aliphatic hydroxyl groups is 1. The fourth-order valence-corrected chi connectivity index (χ4v) is 7.42. The summed E-state index contributed by atoms with van der Waals surface area (Å²) in [5.41, 5.74) is 0.789. The maximum Gasteiger partial charge on any atom is 0.326 e. The minimum absolute atomic E-state index is 0.327. The zero-order valence-corrected chi connectivity index (χ0v) is 20.8. The van der Waals surface area contributed by atoms with Gasteiger partial charge in [0.05, 0.1) is 0 Å². The van der Waals surface area contributed by atoms with E-state index >= 15 is 0 Å². The molecule has 6 atom stereocenters. The first-order valence-corrected chi connectivity index (χ1v) is 13.9. The molecule has 8 nitrogen and oxygen atoms in total. The first kappa shape index (κ1) is 26.4. The van der Waals surface area contributed by atoms with Crippen LogP contribution >= 0.6 is 7.80 Å². The number of aryl methyl sites for hydroxylation is 1. The van der Waals surface area contributed by atoms with E-state index in [-0.39, 0.29) is 11.6 Å². The zero-order chi connectivity index (χ0) is 24.7. The molecule has 0 aromatic heterocycles. The second-order valence-corrected chi connectivity index (χ2v) is 11.8. The number of nitrogens with zero attached hydrogens (tertiary/aromatic N) is 1. The third-order valence-corrected chi connectivity index (χ3v) is 9.50. The number of amides is 2. The molecule has 2 fully saturated rings. The lowest BCUT2D eigenvalue weighted by atomic mass is 9.88. The molecule has 1 saturated carbocycles. The van der Waals surface area contributed by atoms with Crippen molar-refractivity contribution in [1.29, 1.82) is 0 Å². The van der Waals surface area contributed by atoms with Crippen molar-refractivity contribution in [3.05, 3.63) is 35.9 Å². The third kappa shape index (κ3) is 6.70. The number of hydrogen-bond acceptors (Lipinski definition) is 5. The Morgan fingerprint density at radius 1 is 1.12 bits per heavy atom. The van der Waals surface area contributed by atoms with E-state index in [2.05, 4.69) is 5.32 Å². The number of aliphatic carboxylic acids is 1. The average Bonchev–Trinajstić information content (AvgIpc) is 3.34. The first-order chi connectivity index (χ1) is 16.3. The molecule has 9 heteroatoms. The van der Waals surface area contributed by atoms with Crippen LogP contribution in [0.5, 0.6) is 0 Å². The van der Waals surface area contributed by atoms with E-state index in [0.29, 0.717) is 38.6 Å². The van der Waals surface area contributed by atoms with E-state index in [1.165, 1.54) is 10.5 Å². The van der Waals surface area contributed by atoms with E-state index in [1.807, 2.05) is 30.3 Å². The van der Waals surface area contributed by atoms with Crippen LogP contribution in [0.25, 0.3) is 0 Å². The Kier molecular flexibility index (Phi) is 9.72. The summed E-state index contributed by atoms with van der Waals surface area (Å²) >= 11 is 0. The summed E-state index contributed by atoms with van der Waals surface area (Å²) in [7, 11) is -2.43. The predicted molar refractivity (Wildman–Crippen MR) is 130 cm³/mol.